The van der Waals surface area contributed by atoms with Gasteiger partial charge in [0.05, 0.1) is 26.5 Å². The first kappa shape index (κ1) is 22.6. The summed E-state index contributed by atoms with van der Waals surface area (Å²) in [4.78, 5) is 28.1. The second-order valence-corrected chi connectivity index (χ2v) is 6.79. The normalized spacial score (nSPS) is 12.0. The van der Waals surface area contributed by atoms with Gasteiger partial charge in [-0.15, -0.1) is 0 Å². The molecule has 0 saturated carbocycles. The number of hydrogen-bond donors (Lipinski definition) is 1. The zero-order valence-electron chi connectivity index (χ0n) is 18.0. The lowest BCUT2D eigenvalue weighted by molar-refractivity contribution is 0.0596. The Hall–Kier alpha value is -4.07. The van der Waals surface area contributed by atoms with Crippen molar-refractivity contribution in [3.8, 4) is 11.5 Å². The summed E-state index contributed by atoms with van der Waals surface area (Å²) in [6, 6.07) is 13.1. The molecule has 1 N–H and O–H groups in total. The molecule has 32 heavy (non-hydrogen) atoms. The van der Waals surface area contributed by atoms with Crippen molar-refractivity contribution in [1.82, 2.24) is 0 Å². The van der Waals surface area contributed by atoms with E-state index in [0.717, 1.165) is 5.56 Å². The number of carbonyl (C=O) groups excluding carboxylic acids is 1. The van der Waals surface area contributed by atoms with Crippen molar-refractivity contribution in [2.45, 2.75) is 13.3 Å². The summed E-state index contributed by atoms with van der Waals surface area (Å²) in [6.45, 7) is 2.12. The Morgan fingerprint density at radius 1 is 1.09 bits per heavy atom. The van der Waals surface area contributed by atoms with Crippen LogP contribution in [0.25, 0.3) is 11.0 Å². The largest absolute Gasteiger partial charge is 0.508 e. The molecule has 1 heterocycles. The molecule has 0 atom stereocenters. The van der Waals surface area contributed by atoms with E-state index in [-0.39, 0.29) is 11.3 Å². The van der Waals surface area contributed by atoms with Crippen LogP contribution in [0.5, 0.6) is 11.5 Å². The SMILES string of the molecule is COC(=O)c1cc2ccc(OCC/C(N=Cc3ccc(O)cc3)=C(\C)OC)cc2oc1=O. The number of esters is 1. The van der Waals surface area contributed by atoms with Crippen LogP contribution in [0, 0.1) is 0 Å². The van der Waals surface area contributed by atoms with Gasteiger partial charge in [-0.3, -0.25) is 4.99 Å². The monoisotopic (exact) mass is 437 g/mol. The first-order chi connectivity index (χ1) is 15.4. The standard InChI is InChI=1S/C24H23NO7/c1-15(29-2)21(25-14-16-4-7-18(26)8-5-16)10-11-31-19-9-6-17-12-20(23(27)30-3)24(28)32-22(17)13-19/h4-9,12-14,26H,10-11H2,1-3H3/b21-15-,25-14?. The van der Waals surface area contributed by atoms with Crippen molar-refractivity contribution < 1.29 is 28.5 Å². The molecule has 0 amide bonds. The summed E-state index contributed by atoms with van der Waals surface area (Å²) in [5, 5.41) is 9.96. The lowest BCUT2D eigenvalue weighted by Crippen LogP contribution is -2.14. The van der Waals surface area contributed by atoms with Crippen molar-refractivity contribution in [2.75, 3.05) is 20.8 Å². The number of fused-ring (bicyclic) bond motifs is 1. The van der Waals surface area contributed by atoms with Crippen molar-refractivity contribution in [3.63, 3.8) is 0 Å². The highest BCUT2D eigenvalue weighted by Gasteiger charge is 2.14. The summed E-state index contributed by atoms with van der Waals surface area (Å²) < 4.78 is 20.9. The maximum Gasteiger partial charge on any atom is 0.351 e. The fourth-order valence-electron chi connectivity index (χ4n) is 2.86. The van der Waals surface area contributed by atoms with Gasteiger partial charge >= 0.3 is 11.6 Å². The number of aliphatic imine (C=N–C) groups is 1. The number of phenols is 1. The molecule has 0 fully saturated rings. The zero-order chi connectivity index (χ0) is 23.1. The molecule has 3 rings (SSSR count). The van der Waals surface area contributed by atoms with Gasteiger partial charge in [-0.05, 0) is 55.0 Å². The minimum Gasteiger partial charge on any atom is -0.508 e. The third-order valence-electron chi connectivity index (χ3n) is 4.70. The molecule has 166 valence electrons. The average Bonchev–Trinajstić information content (AvgIpc) is 2.80. The lowest BCUT2D eigenvalue weighted by atomic mass is 10.2. The third kappa shape index (κ3) is 5.54. The molecule has 0 bridgehead atoms. The first-order valence-electron chi connectivity index (χ1n) is 9.77. The van der Waals surface area contributed by atoms with Crippen molar-refractivity contribution in [1.29, 1.82) is 0 Å². The van der Waals surface area contributed by atoms with Crippen LogP contribution in [0.2, 0.25) is 0 Å². The first-order valence-corrected chi connectivity index (χ1v) is 9.77. The highest BCUT2D eigenvalue weighted by atomic mass is 16.5. The van der Waals surface area contributed by atoms with Crippen LogP contribution in [-0.2, 0) is 9.47 Å². The molecule has 8 heteroatoms. The van der Waals surface area contributed by atoms with Crippen molar-refractivity contribution in [2.24, 2.45) is 4.99 Å². The van der Waals surface area contributed by atoms with Gasteiger partial charge in [0.15, 0.2) is 0 Å². The van der Waals surface area contributed by atoms with E-state index in [2.05, 4.69) is 9.73 Å². The summed E-state index contributed by atoms with van der Waals surface area (Å²) in [5.41, 5.74) is 0.905. The van der Waals surface area contributed by atoms with Gasteiger partial charge in [0.2, 0.25) is 0 Å². The summed E-state index contributed by atoms with van der Waals surface area (Å²) in [6.07, 6.45) is 2.15. The van der Waals surface area contributed by atoms with Crippen LogP contribution in [0.15, 0.2) is 74.2 Å². The second-order valence-electron chi connectivity index (χ2n) is 6.79. The van der Waals surface area contributed by atoms with E-state index < -0.39 is 11.6 Å². The Bertz CT molecular complexity index is 1220. The van der Waals surface area contributed by atoms with Gasteiger partial charge in [0, 0.05) is 24.1 Å². The molecule has 2 aromatic carbocycles. The highest BCUT2D eigenvalue weighted by molar-refractivity contribution is 5.92. The fourth-order valence-corrected chi connectivity index (χ4v) is 2.86. The molecule has 0 aliphatic rings. The Morgan fingerprint density at radius 3 is 2.53 bits per heavy atom. The quantitative estimate of drug-likeness (QED) is 0.245. The van der Waals surface area contributed by atoms with Gasteiger partial charge in [0.1, 0.15) is 28.4 Å². The summed E-state index contributed by atoms with van der Waals surface area (Å²) in [7, 11) is 2.77. The number of phenolic OH excluding ortho intramolecular Hbond substituents is 1. The van der Waals surface area contributed by atoms with Crippen LogP contribution in [0.4, 0.5) is 0 Å². The topological polar surface area (TPSA) is 108 Å². The molecule has 0 radical (unpaired) electrons. The molecule has 8 nitrogen and oxygen atoms in total. The van der Waals surface area contributed by atoms with Gasteiger partial charge in [-0.25, -0.2) is 9.59 Å². The zero-order valence-corrected chi connectivity index (χ0v) is 18.0. The van der Waals surface area contributed by atoms with Crippen LogP contribution in [-0.4, -0.2) is 38.1 Å². The Morgan fingerprint density at radius 2 is 1.84 bits per heavy atom. The maximum atomic E-state index is 12.0. The summed E-state index contributed by atoms with van der Waals surface area (Å²) in [5.74, 6) is 0.598. The third-order valence-corrected chi connectivity index (χ3v) is 4.70. The maximum absolute atomic E-state index is 12.0. The number of carbonyl (C=O) groups is 1. The molecule has 3 aromatic rings. The van der Waals surface area contributed by atoms with Gasteiger partial charge < -0.3 is 23.7 Å². The van der Waals surface area contributed by atoms with E-state index in [1.807, 2.05) is 6.92 Å². The number of aromatic hydroxyl groups is 1. The molecule has 1 aromatic heterocycles. The second kappa shape index (κ2) is 10.3. The van der Waals surface area contributed by atoms with E-state index in [0.29, 0.717) is 41.2 Å². The number of benzene rings is 2. The molecular weight excluding hydrogens is 414 g/mol. The van der Waals surface area contributed by atoms with Crippen LogP contribution in [0.3, 0.4) is 0 Å². The van der Waals surface area contributed by atoms with Crippen molar-refractivity contribution in [3.05, 3.63) is 81.5 Å². The molecule has 0 saturated heterocycles. The fraction of sp³-hybridized carbons (Fsp3) is 0.208. The lowest BCUT2D eigenvalue weighted by Gasteiger charge is -2.10. The molecular formula is C24H23NO7. The predicted molar refractivity (Wildman–Crippen MR) is 119 cm³/mol. The summed E-state index contributed by atoms with van der Waals surface area (Å²) >= 11 is 0. The van der Waals surface area contributed by atoms with Gasteiger partial charge in [-0.1, -0.05) is 0 Å². The Balaban J connectivity index is 1.70. The average molecular weight is 437 g/mol. The van der Waals surface area contributed by atoms with Crippen molar-refractivity contribution >= 4 is 23.2 Å². The number of rotatable bonds is 8. The Labute approximate surface area is 184 Å². The molecule has 0 unspecified atom stereocenters. The molecule has 0 spiro atoms. The van der Waals surface area contributed by atoms with E-state index in [9.17, 15) is 14.7 Å². The Kier molecular flexibility index (Phi) is 7.28. The van der Waals surface area contributed by atoms with E-state index in [4.69, 9.17) is 13.9 Å². The van der Waals surface area contributed by atoms with Gasteiger partial charge in [-0.2, -0.15) is 0 Å². The van der Waals surface area contributed by atoms with E-state index in [1.54, 1.807) is 55.8 Å². The van der Waals surface area contributed by atoms with E-state index in [1.165, 1.54) is 13.2 Å². The van der Waals surface area contributed by atoms with Crippen LogP contribution < -0.4 is 10.4 Å². The van der Waals surface area contributed by atoms with Gasteiger partial charge in [0.25, 0.3) is 0 Å². The minimum absolute atomic E-state index is 0.162. The van der Waals surface area contributed by atoms with E-state index >= 15 is 0 Å². The predicted octanol–water partition coefficient (Wildman–Crippen LogP) is 4.05. The number of nitrogens with zero attached hydrogens (tertiary/aromatic N) is 1. The number of allylic oxidation sites excluding steroid dienone is 1. The van der Waals surface area contributed by atoms with Crippen LogP contribution in [0.1, 0.15) is 29.3 Å². The highest BCUT2D eigenvalue weighted by Crippen LogP contribution is 2.22. The van der Waals surface area contributed by atoms with Crippen LogP contribution >= 0.6 is 0 Å². The minimum atomic E-state index is -0.772. The molecule has 0 aliphatic heterocycles. The number of methoxy groups -OCH3 is 2. The number of ether oxygens (including phenoxy) is 3. The number of hydrogen-bond acceptors (Lipinski definition) is 8. The smallest absolute Gasteiger partial charge is 0.351 e. The molecule has 0 aliphatic carbocycles.